The maximum Gasteiger partial charge on any atom is 0.262 e. The van der Waals surface area contributed by atoms with Gasteiger partial charge in [0.2, 0.25) is 0 Å². The van der Waals surface area contributed by atoms with E-state index < -0.39 is 15.8 Å². The number of rotatable bonds is 4. The van der Waals surface area contributed by atoms with Gasteiger partial charge in [-0.25, -0.2) is 12.8 Å². The normalized spacial score (nSPS) is 11.3. The second-order valence-electron chi connectivity index (χ2n) is 4.35. The molecule has 0 unspecified atom stereocenters. The third-order valence-corrected chi connectivity index (χ3v) is 4.61. The number of hydrogen-bond acceptors (Lipinski definition) is 2. The van der Waals surface area contributed by atoms with Gasteiger partial charge in [0.15, 0.2) is 0 Å². The maximum atomic E-state index is 13.0. The van der Waals surface area contributed by atoms with Gasteiger partial charge in [0.1, 0.15) is 5.82 Å². The number of aryl methyl sites for hydroxylation is 1. The van der Waals surface area contributed by atoms with Crippen molar-refractivity contribution in [1.29, 1.82) is 0 Å². The number of nitrogens with one attached hydrogen (secondary N) is 1. The van der Waals surface area contributed by atoms with E-state index in [9.17, 15) is 12.8 Å². The molecular weight excluding hydrogens is 301 g/mol. The van der Waals surface area contributed by atoms with E-state index in [2.05, 4.69) is 4.72 Å². The first-order chi connectivity index (χ1) is 9.42. The van der Waals surface area contributed by atoms with Gasteiger partial charge in [-0.1, -0.05) is 12.1 Å². The third-order valence-electron chi connectivity index (χ3n) is 2.76. The van der Waals surface area contributed by atoms with Crippen molar-refractivity contribution >= 4 is 27.3 Å². The Bertz CT molecular complexity index is 732. The van der Waals surface area contributed by atoms with E-state index in [0.29, 0.717) is 17.1 Å². The molecule has 0 aromatic heterocycles. The lowest BCUT2D eigenvalue weighted by molar-refractivity contribution is 0.598. The molecule has 3 nitrogen and oxygen atoms in total. The van der Waals surface area contributed by atoms with Crippen LogP contribution in [0.5, 0.6) is 0 Å². The van der Waals surface area contributed by atoms with Crippen LogP contribution < -0.4 is 4.72 Å². The Labute approximate surface area is 122 Å². The van der Waals surface area contributed by atoms with Crippen LogP contribution in [0.25, 0.3) is 0 Å². The van der Waals surface area contributed by atoms with Crippen molar-refractivity contribution in [2.24, 2.45) is 0 Å². The Morgan fingerprint density at radius 3 is 2.60 bits per heavy atom. The predicted octanol–water partition coefficient (Wildman–Crippen LogP) is 3.67. The average Bonchev–Trinajstić information content (AvgIpc) is 2.37. The van der Waals surface area contributed by atoms with E-state index in [1.165, 1.54) is 12.1 Å². The Morgan fingerprint density at radius 2 is 1.95 bits per heavy atom. The molecule has 0 amide bonds. The lowest BCUT2D eigenvalue weighted by atomic mass is 10.2. The minimum Gasteiger partial charge on any atom is -0.280 e. The first-order valence-corrected chi connectivity index (χ1v) is 7.88. The van der Waals surface area contributed by atoms with Crippen molar-refractivity contribution in [3.8, 4) is 0 Å². The summed E-state index contributed by atoms with van der Waals surface area (Å²) in [5.41, 5.74) is 1.58. The number of alkyl halides is 1. The molecule has 0 bridgehead atoms. The van der Waals surface area contributed by atoms with Crippen LogP contribution in [0.15, 0.2) is 47.4 Å². The second kappa shape index (κ2) is 5.81. The van der Waals surface area contributed by atoms with Gasteiger partial charge in [0.25, 0.3) is 10.0 Å². The molecule has 2 rings (SSSR count). The number of sulfonamides is 1. The van der Waals surface area contributed by atoms with Gasteiger partial charge in [-0.2, -0.15) is 0 Å². The molecule has 2 aromatic carbocycles. The molecule has 0 radical (unpaired) electrons. The van der Waals surface area contributed by atoms with E-state index in [4.69, 9.17) is 11.6 Å². The van der Waals surface area contributed by atoms with Crippen molar-refractivity contribution in [2.45, 2.75) is 17.7 Å². The molecule has 2 aromatic rings. The highest BCUT2D eigenvalue weighted by atomic mass is 35.5. The fraction of sp³-hybridized carbons (Fsp3) is 0.143. The summed E-state index contributed by atoms with van der Waals surface area (Å²) in [5, 5.41) is 0. The van der Waals surface area contributed by atoms with Gasteiger partial charge in [-0.15, -0.1) is 11.6 Å². The van der Waals surface area contributed by atoms with Gasteiger partial charge >= 0.3 is 0 Å². The topological polar surface area (TPSA) is 46.2 Å². The fourth-order valence-corrected chi connectivity index (χ4v) is 3.29. The van der Waals surface area contributed by atoms with Gasteiger partial charge in [0, 0.05) is 11.6 Å². The molecule has 0 aliphatic heterocycles. The van der Waals surface area contributed by atoms with Crippen LogP contribution in [-0.2, 0) is 15.9 Å². The number of hydrogen-bond donors (Lipinski definition) is 1. The fourth-order valence-electron chi connectivity index (χ4n) is 1.84. The zero-order chi connectivity index (χ0) is 14.8. The predicted molar refractivity (Wildman–Crippen MR) is 77.9 cm³/mol. The second-order valence-corrected chi connectivity index (χ2v) is 6.27. The highest BCUT2D eigenvalue weighted by molar-refractivity contribution is 7.92. The summed E-state index contributed by atoms with van der Waals surface area (Å²) in [7, 11) is -3.75. The number of halogens is 2. The Morgan fingerprint density at radius 1 is 1.20 bits per heavy atom. The highest BCUT2D eigenvalue weighted by Crippen LogP contribution is 2.21. The zero-order valence-corrected chi connectivity index (χ0v) is 12.3. The summed E-state index contributed by atoms with van der Waals surface area (Å²) in [4.78, 5) is 0.0511. The van der Waals surface area contributed by atoms with E-state index in [1.54, 1.807) is 31.2 Å². The summed E-state index contributed by atoms with van der Waals surface area (Å²) in [6, 6.07) is 10.4. The van der Waals surface area contributed by atoms with Crippen LogP contribution in [0.4, 0.5) is 10.1 Å². The summed E-state index contributed by atoms with van der Waals surface area (Å²) < 4.78 is 40.0. The van der Waals surface area contributed by atoms with E-state index in [-0.39, 0.29) is 4.90 Å². The lowest BCUT2D eigenvalue weighted by Crippen LogP contribution is -2.14. The first kappa shape index (κ1) is 14.8. The summed E-state index contributed by atoms with van der Waals surface area (Å²) in [6.07, 6.45) is 0. The molecule has 0 fully saturated rings. The molecule has 1 N–H and O–H groups in total. The van der Waals surface area contributed by atoms with Crippen molar-refractivity contribution in [2.75, 3.05) is 4.72 Å². The molecule has 20 heavy (non-hydrogen) atoms. The molecular formula is C14H13ClFNO2S. The average molecular weight is 314 g/mol. The molecule has 0 aliphatic carbocycles. The highest BCUT2D eigenvalue weighted by Gasteiger charge is 2.17. The quantitative estimate of drug-likeness (QED) is 0.875. The maximum absolute atomic E-state index is 13.0. The number of benzene rings is 2. The molecule has 0 aliphatic rings. The Hall–Kier alpha value is -1.59. The molecule has 0 saturated carbocycles. The smallest absolute Gasteiger partial charge is 0.262 e. The van der Waals surface area contributed by atoms with Crippen LogP contribution in [0.2, 0.25) is 0 Å². The molecule has 106 valence electrons. The minimum absolute atomic E-state index is 0.0511. The van der Waals surface area contributed by atoms with Crippen molar-refractivity contribution in [1.82, 2.24) is 0 Å². The van der Waals surface area contributed by atoms with Crippen LogP contribution >= 0.6 is 11.6 Å². The van der Waals surface area contributed by atoms with Crippen LogP contribution in [0.3, 0.4) is 0 Å². The largest absolute Gasteiger partial charge is 0.280 e. The summed E-state index contributed by atoms with van der Waals surface area (Å²) in [6.45, 7) is 1.55. The number of anilines is 1. The van der Waals surface area contributed by atoms with Crippen molar-refractivity contribution in [3.63, 3.8) is 0 Å². The SMILES string of the molecule is Cc1cc(F)ccc1S(=O)(=O)Nc1cccc(CCl)c1. The van der Waals surface area contributed by atoms with Crippen LogP contribution in [0, 0.1) is 12.7 Å². The summed E-state index contributed by atoms with van der Waals surface area (Å²) >= 11 is 5.71. The van der Waals surface area contributed by atoms with E-state index in [0.717, 1.165) is 11.6 Å². The van der Waals surface area contributed by atoms with Crippen LogP contribution in [-0.4, -0.2) is 8.42 Å². The Balaban J connectivity index is 2.35. The molecule has 0 spiro atoms. The van der Waals surface area contributed by atoms with E-state index in [1.807, 2.05) is 0 Å². The third kappa shape index (κ3) is 3.29. The van der Waals surface area contributed by atoms with Gasteiger partial charge in [-0.3, -0.25) is 4.72 Å². The summed E-state index contributed by atoms with van der Waals surface area (Å²) in [5.74, 6) is -0.170. The molecule has 0 heterocycles. The van der Waals surface area contributed by atoms with E-state index >= 15 is 0 Å². The monoisotopic (exact) mass is 313 g/mol. The first-order valence-electron chi connectivity index (χ1n) is 5.86. The van der Waals surface area contributed by atoms with Gasteiger partial charge in [0.05, 0.1) is 4.90 Å². The van der Waals surface area contributed by atoms with Gasteiger partial charge < -0.3 is 0 Å². The van der Waals surface area contributed by atoms with Crippen LogP contribution in [0.1, 0.15) is 11.1 Å². The molecule has 0 saturated heterocycles. The lowest BCUT2D eigenvalue weighted by Gasteiger charge is -2.11. The van der Waals surface area contributed by atoms with Gasteiger partial charge in [-0.05, 0) is 48.4 Å². The standard InChI is InChI=1S/C14H13ClFNO2S/c1-10-7-12(16)5-6-14(10)20(18,19)17-13-4-2-3-11(8-13)9-15/h2-8,17H,9H2,1H3. The molecule has 6 heteroatoms. The van der Waals surface area contributed by atoms with Crippen molar-refractivity contribution < 1.29 is 12.8 Å². The molecule has 0 atom stereocenters. The minimum atomic E-state index is -3.75. The Kier molecular flexibility index (Phi) is 4.30. The van der Waals surface area contributed by atoms with Crippen molar-refractivity contribution in [3.05, 3.63) is 59.4 Å². The zero-order valence-electron chi connectivity index (χ0n) is 10.7.